The van der Waals surface area contributed by atoms with Crippen molar-refractivity contribution < 1.29 is 4.42 Å². The standard InChI is InChI=1S/C12H20N2O/c1-13-8-7-11-9-14-12(15-11)10-5-3-2-4-6-10/h9-10,13H,2-8H2,1H3. The summed E-state index contributed by atoms with van der Waals surface area (Å²) in [6, 6.07) is 0. The summed E-state index contributed by atoms with van der Waals surface area (Å²) in [7, 11) is 1.96. The van der Waals surface area contributed by atoms with Crippen molar-refractivity contribution >= 4 is 0 Å². The van der Waals surface area contributed by atoms with E-state index < -0.39 is 0 Å². The summed E-state index contributed by atoms with van der Waals surface area (Å²) in [5.74, 6) is 2.58. The van der Waals surface area contributed by atoms with Gasteiger partial charge < -0.3 is 9.73 Å². The fraction of sp³-hybridized carbons (Fsp3) is 0.750. The first kappa shape index (κ1) is 10.7. The minimum absolute atomic E-state index is 0.585. The van der Waals surface area contributed by atoms with Crippen molar-refractivity contribution in [3.05, 3.63) is 17.8 Å². The molecule has 0 bridgehead atoms. The first-order chi connectivity index (χ1) is 7.40. The lowest BCUT2D eigenvalue weighted by Gasteiger charge is -2.17. The van der Waals surface area contributed by atoms with E-state index in [4.69, 9.17) is 4.42 Å². The second kappa shape index (κ2) is 5.31. The Morgan fingerprint density at radius 1 is 1.40 bits per heavy atom. The summed E-state index contributed by atoms with van der Waals surface area (Å²) >= 11 is 0. The highest BCUT2D eigenvalue weighted by Gasteiger charge is 2.19. The molecule has 0 aromatic carbocycles. The van der Waals surface area contributed by atoms with Gasteiger partial charge in [0.05, 0.1) is 6.20 Å². The van der Waals surface area contributed by atoms with Gasteiger partial charge in [0, 0.05) is 18.9 Å². The smallest absolute Gasteiger partial charge is 0.197 e. The third kappa shape index (κ3) is 2.81. The molecule has 0 amide bonds. The molecular formula is C12H20N2O. The topological polar surface area (TPSA) is 38.1 Å². The van der Waals surface area contributed by atoms with Crippen LogP contribution < -0.4 is 5.32 Å². The van der Waals surface area contributed by atoms with Crippen molar-refractivity contribution in [1.29, 1.82) is 0 Å². The van der Waals surface area contributed by atoms with E-state index in [1.807, 2.05) is 13.2 Å². The van der Waals surface area contributed by atoms with E-state index in [1.54, 1.807) is 0 Å². The van der Waals surface area contributed by atoms with Gasteiger partial charge in [0.25, 0.3) is 0 Å². The third-order valence-corrected chi connectivity index (χ3v) is 3.15. The van der Waals surface area contributed by atoms with Crippen molar-refractivity contribution in [1.82, 2.24) is 10.3 Å². The maximum absolute atomic E-state index is 5.77. The Kier molecular flexibility index (Phi) is 3.78. The van der Waals surface area contributed by atoms with Crippen LogP contribution in [0.4, 0.5) is 0 Å². The molecule has 3 nitrogen and oxygen atoms in total. The molecule has 1 aliphatic rings. The molecule has 1 aromatic rings. The lowest BCUT2D eigenvalue weighted by Crippen LogP contribution is -2.09. The number of aromatic nitrogens is 1. The van der Waals surface area contributed by atoms with Crippen LogP contribution in [0, 0.1) is 0 Å². The predicted molar refractivity (Wildman–Crippen MR) is 60.0 cm³/mol. The number of likely N-dealkylation sites (N-methyl/N-ethyl adjacent to an activating group) is 1. The number of hydrogen-bond donors (Lipinski definition) is 1. The molecule has 84 valence electrons. The number of oxazole rings is 1. The molecule has 1 aromatic heterocycles. The molecule has 1 fully saturated rings. The summed E-state index contributed by atoms with van der Waals surface area (Å²) in [5.41, 5.74) is 0. The van der Waals surface area contributed by atoms with Crippen LogP contribution in [0.25, 0.3) is 0 Å². The van der Waals surface area contributed by atoms with Gasteiger partial charge in [-0.2, -0.15) is 0 Å². The van der Waals surface area contributed by atoms with E-state index in [-0.39, 0.29) is 0 Å². The zero-order valence-electron chi connectivity index (χ0n) is 9.46. The first-order valence-corrected chi connectivity index (χ1v) is 5.99. The first-order valence-electron chi connectivity index (χ1n) is 5.99. The van der Waals surface area contributed by atoms with E-state index in [2.05, 4.69) is 10.3 Å². The minimum Gasteiger partial charge on any atom is -0.445 e. The van der Waals surface area contributed by atoms with E-state index >= 15 is 0 Å². The van der Waals surface area contributed by atoms with Gasteiger partial charge in [0.1, 0.15) is 5.76 Å². The van der Waals surface area contributed by atoms with E-state index in [1.165, 1.54) is 32.1 Å². The number of nitrogens with zero attached hydrogens (tertiary/aromatic N) is 1. The molecule has 3 heteroatoms. The number of hydrogen-bond acceptors (Lipinski definition) is 3. The molecule has 1 aliphatic carbocycles. The molecule has 15 heavy (non-hydrogen) atoms. The van der Waals surface area contributed by atoms with Crippen LogP contribution in [0.2, 0.25) is 0 Å². The number of nitrogens with one attached hydrogen (secondary N) is 1. The summed E-state index contributed by atoms with van der Waals surface area (Å²) in [5, 5.41) is 3.12. The lowest BCUT2D eigenvalue weighted by molar-refractivity contribution is 0.351. The van der Waals surface area contributed by atoms with E-state index in [0.29, 0.717) is 5.92 Å². The van der Waals surface area contributed by atoms with Gasteiger partial charge in [0.15, 0.2) is 5.89 Å². The predicted octanol–water partition coefficient (Wildman–Crippen LogP) is 2.48. The fourth-order valence-electron chi connectivity index (χ4n) is 2.22. The minimum atomic E-state index is 0.585. The highest BCUT2D eigenvalue weighted by Crippen LogP contribution is 2.32. The van der Waals surface area contributed by atoms with Gasteiger partial charge in [-0.15, -0.1) is 0 Å². The zero-order valence-corrected chi connectivity index (χ0v) is 9.46. The Balaban J connectivity index is 1.93. The molecule has 1 N–H and O–H groups in total. The number of rotatable bonds is 4. The zero-order chi connectivity index (χ0) is 10.5. The SMILES string of the molecule is CNCCc1cnc(C2CCCCC2)o1. The van der Waals surface area contributed by atoms with Gasteiger partial charge in [-0.1, -0.05) is 19.3 Å². The van der Waals surface area contributed by atoms with Gasteiger partial charge in [-0.05, 0) is 19.9 Å². The van der Waals surface area contributed by atoms with Gasteiger partial charge >= 0.3 is 0 Å². The van der Waals surface area contributed by atoms with Gasteiger partial charge in [0.2, 0.25) is 0 Å². The van der Waals surface area contributed by atoms with Crippen molar-refractivity contribution in [2.24, 2.45) is 0 Å². The summed E-state index contributed by atoms with van der Waals surface area (Å²) in [6.07, 6.45) is 9.39. The second-order valence-corrected chi connectivity index (χ2v) is 4.35. The van der Waals surface area contributed by atoms with Crippen LogP contribution >= 0.6 is 0 Å². The van der Waals surface area contributed by atoms with Gasteiger partial charge in [-0.3, -0.25) is 0 Å². The molecule has 2 rings (SSSR count). The Hall–Kier alpha value is -0.830. The quantitative estimate of drug-likeness (QED) is 0.826. The Morgan fingerprint density at radius 2 is 2.20 bits per heavy atom. The van der Waals surface area contributed by atoms with Crippen LogP contribution in [-0.4, -0.2) is 18.6 Å². The van der Waals surface area contributed by atoms with Crippen molar-refractivity contribution in [3.63, 3.8) is 0 Å². The Morgan fingerprint density at radius 3 is 2.93 bits per heavy atom. The highest BCUT2D eigenvalue weighted by molar-refractivity contribution is 5.00. The highest BCUT2D eigenvalue weighted by atomic mass is 16.4. The normalized spacial score (nSPS) is 18.2. The van der Waals surface area contributed by atoms with Crippen LogP contribution in [-0.2, 0) is 6.42 Å². The largest absolute Gasteiger partial charge is 0.445 e. The maximum atomic E-state index is 5.77. The molecule has 0 atom stereocenters. The lowest BCUT2D eigenvalue weighted by atomic mass is 9.89. The van der Waals surface area contributed by atoms with Crippen LogP contribution in [0.3, 0.4) is 0 Å². The van der Waals surface area contributed by atoms with Crippen molar-refractivity contribution in [2.45, 2.75) is 44.4 Å². The summed E-state index contributed by atoms with van der Waals surface area (Å²) in [4.78, 5) is 4.40. The monoisotopic (exact) mass is 208 g/mol. The fourth-order valence-corrected chi connectivity index (χ4v) is 2.22. The van der Waals surface area contributed by atoms with Crippen molar-refractivity contribution in [2.75, 3.05) is 13.6 Å². The van der Waals surface area contributed by atoms with Crippen LogP contribution in [0.5, 0.6) is 0 Å². The molecule has 1 saturated carbocycles. The van der Waals surface area contributed by atoms with Crippen LogP contribution in [0.1, 0.15) is 49.7 Å². The molecule has 0 radical (unpaired) electrons. The second-order valence-electron chi connectivity index (χ2n) is 4.35. The summed E-state index contributed by atoms with van der Waals surface area (Å²) < 4.78 is 5.77. The van der Waals surface area contributed by atoms with Crippen LogP contribution in [0.15, 0.2) is 10.6 Å². The third-order valence-electron chi connectivity index (χ3n) is 3.15. The van der Waals surface area contributed by atoms with E-state index in [0.717, 1.165) is 24.6 Å². The molecule has 0 spiro atoms. The van der Waals surface area contributed by atoms with E-state index in [9.17, 15) is 0 Å². The molecule has 0 aliphatic heterocycles. The average molecular weight is 208 g/mol. The average Bonchev–Trinajstić information content (AvgIpc) is 2.76. The molecule has 0 saturated heterocycles. The van der Waals surface area contributed by atoms with Crippen molar-refractivity contribution in [3.8, 4) is 0 Å². The molecular weight excluding hydrogens is 188 g/mol. The Labute approximate surface area is 91.3 Å². The molecule has 1 heterocycles. The summed E-state index contributed by atoms with van der Waals surface area (Å²) in [6.45, 7) is 0.958. The molecule has 0 unspecified atom stereocenters. The maximum Gasteiger partial charge on any atom is 0.197 e. The van der Waals surface area contributed by atoms with Gasteiger partial charge in [-0.25, -0.2) is 4.98 Å². The Bertz CT molecular complexity index is 290.